The summed E-state index contributed by atoms with van der Waals surface area (Å²) >= 11 is 0. The Morgan fingerprint density at radius 3 is 2.42 bits per heavy atom. The summed E-state index contributed by atoms with van der Waals surface area (Å²) in [5, 5.41) is 20.8. The summed E-state index contributed by atoms with van der Waals surface area (Å²) in [5.74, 6) is 3.88. The Morgan fingerprint density at radius 1 is 1.04 bits per heavy atom. The van der Waals surface area contributed by atoms with Gasteiger partial charge in [0.2, 0.25) is 5.95 Å². The quantitative estimate of drug-likeness (QED) is 0.182. The summed E-state index contributed by atoms with van der Waals surface area (Å²) < 4.78 is 37.1. The molecule has 3 N–H and O–H groups in total. The van der Waals surface area contributed by atoms with Crippen molar-refractivity contribution in [3.8, 4) is 11.8 Å². The number of alkyl halides is 2. The van der Waals surface area contributed by atoms with Gasteiger partial charge in [-0.25, -0.2) is 4.98 Å². The largest absolute Gasteiger partial charge is 0.434 e. The van der Waals surface area contributed by atoms with E-state index in [0.29, 0.717) is 46.9 Å². The van der Waals surface area contributed by atoms with E-state index in [1.807, 2.05) is 0 Å². The Balaban J connectivity index is 1.02. The third-order valence-corrected chi connectivity index (χ3v) is 16.8. The van der Waals surface area contributed by atoms with Crippen LogP contribution in [0.4, 0.5) is 20.5 Å². The number of nitrogens with zero attached hydrogens (tertiary/aromatic N) is 3. The van der Waals surface area contributed by atoms with E-state index >= 15 is 0 Å². The normalized spacial score (nSPS) is 29.9. The van der Waals surface area contributed by atoms with E-state index in [-0.39, 0.29) is 22.7 Å². The number of hydrogen-bond acceptors (Lipinski definition) is 8. The van der Waals surface area contributed by atoms with E-state index in [1.54, 1.807) is 18.2 Å². The van der Waals surface area contributed by atoms with Crippen LogP contribution in [0.2, 0.25) is 18.1 Å². The van der Waals surface area contributed by atoms with Gasteiger partial charge in [0.25, 0.3) is 0 Å². The third-order valence-electron chi connectivity index (χ3n) is 12.3. The minimum atomic E-state index is -2.90. The summed E-state index contributed by atoms with van der Waals surface area (Å²) in [7, 11) is -1.72. The maximum atomic E-state index is 12.9. The van der Waals surface area contributed by atoms with Gasteiger partial charge in [0.15, 0.2) is 8.32 Å². The number of anilines is 2. The lowest BCUT2D eigenvalue weighted by molar-refractivity contribution is -0.0704. The smallest absolute Gasteiger partial charge is 0.387 e. The minimum absolute atomic E-state index is 0.112. The first-order valence-corrected chi connectivity index (χ1v) is 20.9. The molecular weight excluding hydrogens is 627 g/mol. The number of hydrogen-bond donors (Lipinski definition) is 3. The fourth-order valence-corrected chi connectivity index (χ4v) is 10.5. The van der Waals surface area contributed by atoms with Crippen LogP contribution >= 0.6 is 0 Å². The molecule has 0 amide bonds. The molecule has 5 aliphatic carbocycles. The molecule has 4 bridgehead atoms. The molecule has 5 aliphatic rings. The van der Waals surface area contributed by atoms with Crippen molar-refractivity contribution in [2.45, 2.75) is 122 Å². The number of rotatable bonds is 13. The number of nitriles is 1. The summed E-state index contributed by atoms with van der Waals surface area (Å²) in [5.41, 5.74) is 1.18. The molecule has 2 aromatic rings. The highest BCUT2D eigenvalue weighted by Crippen LogP contribution is 2.60. The summed E-state index contributed by atoms with van der Waals surface area (Å²) in [6, 6.07) is 9.49. The highest BCUT2D eigenvalue weighted by molar-refractivity contribution is 6.74. The number of ether oxygens (including phenoxy) is 1. The van der Waals surface area contributed by atoms with Gasteiger partial charge in [0, 0.05) is 30.8 Å². The van der Waals surface area contributed by atoms with Gasteiger partial charge in [-0.3, -0.25) is 0 Å². The van der Waals surface area contributed by atoms with Gasteiger partial charge in [0.05, 0.1) is 6.20 Å². The van der Waals surface area contributed by atoms with Crippen molar-refractivity contribution in [1.82, 2.24) is 15.3 Å². The second-order valence-corrected chi connectivity index (χ2v) is 21.4. The van der Waals surface area contributed by atoms with Crippen LogP contribution in [0.25, 0.3) is 0 Å². The molecule has 0 aliphatic heterocycles. The van der Waals surface area contributed by atoms with E-state index in [4.69, 9.17) is 4.43 Å². The molecule has 0 spiro atoms. The number of para-hydroxylation sites is 1. The van der Waals surface area contributed by atoms with Crippen molar-refractivity contribution in [3.05, 3.63) is 41.6 Å². The van der Waals surface area contributed by atoms with Gasteiger partial charge in [-0.05, 0) is 118 Å². The Bertz CT molecular complexity index is 1440. The zero-order valence-electron chi connectivity index (χ0n) is 29.3. The lowest BCUT2D eigenvalue weighted by Crippen LogP contribution is -2.60. The van der Waals surface area contributed by atoms with Crippen LogP contribution in [0.15, 0.2) is 30.5 Å². The Morgan fingerprint density at radius 2 is 1.75 bits per heavy atom. The molecule has 1 aromatic carbocycles. The molecule has 8 nitrogen and oxygen atoms in total. The van der Waals surface area contributed by atoms with Crippen LogP contribution in [-0.4, -0.2) is 50.1 Å². The minimum Gasteiger partial charge on any atom is -0.434 e. The van der Waals surface area contributed by atoms with E-state index in [2.05, 4.69) is 70.6 Å². The number of nitrogens with one attached hydrogen (secondary N) is 3. The molecule has 5 fully saturated rings. The van der Waals surface area contributed by atoms with Gasteiger partial charge >= 0.3 is 6.61 Å². The van der Waals surface area contributed by atoms with Gasteiger partial charge < -0.3 is 25.1 Å². The second-order valence-electron chi connectivity index (χ2n) is 16.7. The lowest BCUT2D eigenvalue weighted by Gasteiger charge is -2.60. The molecule has 48 heavy (non-hydrogen) atoms. The van der Waals surface area contributed by atoms with E-state index in [0.717, 1.165) is 24.9 Å². The Kier molecular flexibility index (Phi) is 10.4. The molecule has 5 atom stereocenters. The maximum Gasteiger partial charge on any atom is 0.387 e. The molecule has 0 saturated heterocycles. The van der Waals surface area contributed by atoms with Crippen LogP contribution in [-0.2, 0) is 11.0 Å². The highest BCUT2D eigenvalue weighted by Gasteiger charge is 2.55. The van der Waals surface area contributed by atoms with E-state index in [1.165, 1.54) is 70.1 Å². The zero-order chi connectivity index (χ0) is 34.1. The average Bonchev–Trinajstić information content (AvgIpc) is 3.02. The molecule has 1 aromatic heterocycles. The zero-order valence-corrected chi connectivity index (χ0v) is 30.3. The van der Waals surface area contributed by atoms with E-state index in [9.17, 15) is 14.0 Å². The fraction of sp³-hybridized carbons (Fsp3) is 0.703. The van der Waals surface area contributed by atoms with Crippen molar-refractivity contribution in [1.29, 1.82) is 5.26 Å². The standard InChI is InChI=1S/C37H54F2N6O2Si/c1-36(2,3)48(4,5)47-30-12-10-24(11-13-30)20-41-32-27-14-25-15-28(32)18-37(16-25,17-27)23-44-33-29(19-40)22-43-35(45-33)42-21-26-8-6-7-9-31(26)46-34(38)39/h6-9,22,24-25,27-28,30,32,34,41H,10-18,20-21,23H2,1-5H3,(H2,42,43,44,45)/t24?,25?,27-,28+,30?,32?,37?. The number of halogens is 2. The van der Waals surface area contributed by atoms with Crippen LogP contribution in [0, 0.1) is 40.4 Å². The Hall–Kier alpha value is -2.81. The summed E-state index contributed by atoms with van der Waals surface area (Å²) in [6.45, 7) is 11.0. The summed E-state index contributed by atoms with van der Waals surface area (Å²) in [4.78, 5) is 8.94. The van der Waals surface area contributed by atoms with Crippen LogP contribution in [0.5, 0.6) is 5.75 Å². The molecule has 11 heteroatoms. The molecule has 1 heterocycles. The number of aromatic nitrogens is 2. The van der Waals surface area contributed by atoms with Gasteiger partial charge in [-0.2, -0.15) is 19.0 Å². The first kappa shape index (κ1) is 35.0. The molecule has 262 valence electrons. The molecule has 7 rings (SSSR count). The summed E-state index contributed by atoms with van der Waals surface area (Å²) in [6.07, 6.45) is 13.2. The second kappa shape index (κ2) is 14.2. The molecule has 0 radical (unpaired) electrons. The van der Waals surface area contributed by atoms with Crippen molar-refractivity contribution < 1.29 is 17.9 Å². The van der Waals surface area contributed by atoms with Gasteiger partial charge in [-0.1, -0.05) is 39.0 Å². The average molecular weight is 681 g/mol. The third kappa shape index (κ3) is 7.97. The van der Waals surface area contributed by atoms with Crippen molar-refractivity contribution in [2.75, 3.05) is 23.7 Å². The van der Waals surface area contributed by atoms with Crippen LogP contribution in [0.1, 0.15) is 89.7 Å². The molecule has 5 saturated carbocycles. The highest BCUT2D eigenvalue weighted by atomic mass is 28.4. The topological polar surface area (TPSA) is 104 Å². The predicted octanol–water partition coefficient (Wildman–Crippen LogP) is 8.34. The monoisotopic (exact) mass is 680 g/mol. The molecule has 3 unspecified atom stereocenters. The van der Waals surface area contributed by atoms with Crippen molar-refractivity contribution in [3.63, 3.8) is 0 Å². The lowest BCUT2D eigenvalue weighted by atomic mass is 9.48. The van der Waals surface area contributed by atoms with Gasteiger partial charge in [0.1, 0.15) is 23.2 Å². The number of benzene rings is 1. The van der Waals surface area contributed by atoms with Crippen molar-refractivity contribution in [2.24, 2.45) is 29.1 Å². The Labute approximate surface area is 286 Å². The first-order valence-electron chi connectivity index (χ1n) is 18.0. The SMILES string of the molecule is CC(C)(C)[Si](C)(C)OC1CCC(CNC2[C@@H]3CC4C[C@H]2CC(CNc2nc(NCc5ccccc5OC(F)F)ncc2C#N)(C4)C3)CC1. The maximum absolute atomic E-state index is 12.9. The van der Waals surface area contributed by atoms with Crippen LogP contribution in [0.3, 0.4) is 0 Å². The van der Waals surface area contributed by atoms with Gasteiger partial charge in [-0.15, -0.1) is 0 Å². The molecular formula is C37H54F2N6O2Si. The first-order chi connectivity index (χ1) is 22.8. The van der Waals surface area contributed by atoms with Crippen molar-refractivity contribution >= 4 is 20.1 Å². The predicted molar refractivity (Wildman–Crippen MR) is 187 cm³/mol. The fourth-order valence-electron chi connectivity index (χ4n) is 9.08. The van der Waals surface area contributed by atoms with Crippen LogP contribution < -0.4 is 20.7 Å². The van der Waals surface area contributed by atoms with E-state index < -0.39 is 14.9 Å².